The van der Waals surface area contributed by atoms with Crippen molar-refractivity contribution in [2.75, 3.05) is 32.1 Å². The lowest BCUT2D eigenvalue weighted by atomic mass is 10.1. The van der Waals surface area contributed by atoms with Crippen molar-refractivity contribution < 1.29 is 14.3 Å². The molecule has 5 heteroatoms. The number of nitrogens with two attached hydrogens (primary N) is 1. The summed E-state index contributed by atoms with van der Waals surface area (Å²) >= 11 is 0. The largest absolute Gasteiger partial charge is 0.491 e. The Labute approximate surface area is 114 Å². The first kappa shape index (κ1) is 15.3. The van der Waals surface area contributed by atoms with Crippen molar-refractivity contribution in [2.24, 2.45) is 0 Å². The van der Waals surface area contributed by atoms with Gasteiger partial charge >= 0.3 is 0 Å². The van der Waals surface area contributed by atoms with E-state index in [4.69, 9.17) is 15.2 Å². The highest BCUT2D eigenvalue weighted by Crippen LogP contribution is 2.26. The number of carbonyl (C=O) groups is 1. The molecule has 1 aromatic rings. The molecule has 1 amide bonds. The molecule has 5 nitrogen and oxygen atoms in total. The van der Waals surface area contributed by atoms with E-state index in [2.05, 4.69) is 5.32 Å². The lowest BCUT2D eigenvalue weighted by Crippen LogP contribution is -2.26. The van der Waals surface area contributed by atoms with Gasteiger partial charge < -0.3 is 20.5 Å². The van der Waals surface area contributed by atoms with Crippen LogP contribution in [0.4, 0.5) is 5.69 Å². The molecule has 0 unspecified atom stereocenters. The van der Waals surface area contributed by atoms with E-state index < -0.39 is 0 Å². The zero-order chi connectivity index (χ0) is 14.1. The topological polar surface area (TPSA) is 73.6 Å². The summed E-state index contributed by atoms with van der Waals surface area (Å²) in [6.45, 7) is 6.18. The number of anilines is 1. The summed E-state index contributed by atoms with van der Waals surface area (Å²) in [6.07, 6.45) is 0.784. The molecule has 0 radical (unpaired) electrons. The zero-order valence-electron chi connectivity index (χ0n) is 11.6. The fraction of sp³-hybridized carbons (Fsp3) is 0.500. The summed E-state index contributed by atoms with van der Waals surface area (Å²) in [5.74, 6) is 0.277. The average molecular weight is 266 g/mol. The van der Waals surface area contributed by atoms with Crippen LogP contribution in [0.5, 0.6) is 5.75 Å². The number of hydrogen-bond acceptors (Lipinski definition) is 4. The molecule has 0 fully saturated rings. The molecule has 106 valence electrons. The van der Waals surface area contributed by atoms with Crippen molar-refractivity contribution in [3.63, 3.8) is 0 Å². The van der Waals surface area contributed by atoms with Gasteiger partial charge in [0.2, 0.25) is 0 Å². The van der Waals surface area contributed by atoms with E-state index in [1.54, 1.807) is 18.2 Å². The molecule has 0 aliphatic carbocycles. The monoisotopic (exact) mass is 266 g/mol. The Kier molecular flexibility index (Phi) is 6.74. The summed E-state index contributed by atoms with van der Waals surface area (Å²) in [5, 5.41) is 2.83. The normalized spacial score (nSPS) is 10.2. The van der Waals surface area contributed by atoms with Crippen LogP contribution in [0.25, 0.3) is 0 Å². The average Bonchev–Trinajstić information content (AvgIpc) is 2.41. The summed E-state index contributed by atoms with van der Waals surface area (Å²) in [7, 11) is 0. The summed E-state index contributed by atoms with van der Waals surface area (Å²) in [6, 6.07) is 5.17. The van der Waals surface area contributed by atoms with E-state index in [1.807, 2.05) is 13.8 Å². The predicted octanol–water partition coefficient (Wildman–Crippen LogP) is 1.82. The standard InChI is InChI=1S/C14H22N2O3/c1-3-18-10-6-9-16-14(17)11-7-5-8-12(15)13(11)19-4-2/h5,7-8H,3-4,6,9-10,15H2,1-2H3,(H,16,17). The number of benzene rings is 1. The third-order valence-electron chi connectivity index (χ3n) is 2.53. The van der Waals surface area contributed by atoms with Crippen LogP contribution in [0.15, 0.2) is 18.2 Å². The molecule has 19 heavy (non-hydrogen) atoms. The summed E-state index contributed by atoms with van der Waals surface area (Å²) < 4.78 is 10.6. The van der Waals surface area contributed by atoms with Crippen LogP contribution < -0.4 is 15.8 Å². The number of nitrogens with one attached hydrogen (secondary N) is 1. The van der Waals surface area contributed by atoms with Gasteiger partial charge in [0.05, 0.1) is 17.9 Å². The van der Waals surface area contributed by atoms with Crippen LogP contribution in [0.2, 0.25) is 0 Å². The minimum absolute atomic E-state index is 0.174. The highest BCUT2D eigenvalue weighted by Gasteiger charge is 2.14. The predicted molar refractivity (Wildman–Crippen MR) is 75.5 cm³/mol. The molecule has 0 bridgehead atoms. The maximum Gasteiger partial charge on any atom is 0.255 e. The van der Waals surface area contributed by atoms with Crippen molar-refractivity contribution in [3.8, 4) is 5.75 Å². The Balaban J connectivity index is 2.58. The Hall–Kier alpha value is -1.75. The van der Waals surface area contributed by atoms with Gasteiger partial charge in [-0.15, -0.1) is 0 Å². The van der Waals surface area contributed by atoms with Gasteiger partial charge in [0.1, 0.15) is 0 Å². The van der Waals surface area contributed by atoms with Crippen LogP contribution >= 0.6 is 0 Å². The van der Waals surface area contributed by atoms with Crippen LogP contribution in [-0.2, 0) is 4.74 Å². The maximum atomic E-state index is 12.0. The molecule has 0 saturated heterocycles. The van der Waals surface area contributed by atoms with E-state index in [0.29, 0.717) is 43.4 Å². The van der Waals surface area contributed by atoms with Crippen LogP contribution in [-0.4, -0.2) is 32.3 Å². The molecular weight excluding hydrogens is 244 g/mol. The Morgan fingerprint density at radius 3 is 2.79 bits per heavy atom. The van der Waals surface area contributed by atoms with Crippen molar-refractivity contribution >= 4 is 11.6 Å². The smallest absolute Gasteiger partial charge is 0.255 e. The molecule has 0 aliphatic heterocycles. The maximum absolute atomic E-state index is 12.0. The summed E-state index contributed by atoms with van der Waals surface area (Å²) in [4.78, 5) is 12.0. The zero-order valence-corrected chi connectivity index (χ0v) is 11.6. The minimum atomic E-state index is -0.174. The van der Waals surface area contributed by atoms with E-state index in [1.165, 1.54) is 0 Å². The van der Waals surface area contributed by atoms with Crippen LogP contribution in [0, 0.1) is 0 Å². The van der Waals surface area contributed by atoms with Gasteiger partial charge in [-0.25, -0.2) is 0 Å². The van der Waals surface area contributed by atoms with Gasteiger partial charge in [0.15, 0.2) is 5.75 Å². The Morgan fingerprint density at radius 1 is 1.32 bits per heavy atom. The molecule has 1 aromatic carbocycles. The van der Waals surface area contributed by atoms with Gasteiger partial charge in [0, 0.05) is 19.8 Å². The second-order valence-corrected chi connectivity index (χ2v) is 3.96. The molecule has 0 heterocycles. The molecule has 3 N–H and O–H groups in total. The van der Waals surface area contributed by atoms with Crippen LogP contribution in [0.1, 0.15) is 30.6 Å². The van der Waals surface area contributed by atoms with E-state index in [0.717, 1.165) is 6.42 Å². The molecular formula is C14H22N2O3. The minimum Gasteiger partial charge on any atom is -0.491 e. The number of amides is 1. The van der Waals surface area contributed by atoms with E-state index >= 15 is 0 Å². The number of carbonyl (C=O) groups excluding carboxylic acids is 1. The second kappa shape index (κ2) is 8.37. The Bertz CT molecular complexity index is 408. The van der Waals surface area contributed by atoms with Crippen LogP contribution in [0.3, 0.4) is 0 Å². The van der Waals surface area contributed by atoms with Crippen molar-refractivity contribution in [2.45, 2.75) is 20.3 Å². The molecule has 1 rings (SSSR count). The SMILES string of the molecule is CCOCCCNC(=O)c1cccc(N)c1OCC. The summed E-state index contributed by atoms with van der Waals surface area (Å²) in [5.41, 5.74) is 6.76. The number of para-hydroxylation sites is 1. The second-order valence-electron chi connectivity index (χ2n) is 3.96. The fourth-order valence-corrected chi connectivity index (χ4v) is 1.65. The number of nitrogen functional groups attached to an aromatic ring is 1. The van der Waals surface area contributed by atoms with E-state index in [9.17, 15) is 4.79 Å². The molecule has 0 atom stereocenters. The Morgan fingerprint density at radius 2 is 2.11 bits per heavy atom. The molecule has 0 aromatic heterocycles. The third kappa shape index (κ3) is 4.79. The van der Waals surface area contributed by atoms with Gasteiger partial charge in [-0.1, -0.05) is 6.07 Å². The first-order valence-corrected chi connectivity index (χ1v) is 6.57. The third-order valence-corrected chi connectivity index (χ3v) is 2.53. The van der Waals surface area contributed by atoms with Crippen molar-refractivity contribution in [3.05, 3.63) is 23.8 Å². The van der Waals surface area contributed by atoms with Crippen molar-refractivity contribution in [1.29, 1.82) is 0 Å². The van der Waals surface area contributed by atoms with Crippen molar-refractivity contribution in [1.82, 2.24) is 5.32 Å². The first-order chi connectivity index (χ1) is 9.20. The quantitative estimate of drug-likeness (QED) is 0.556. The lowest BCUT2D eigenvalue weighted by Gasteiger charge is -2.12. The first-order valence-electron chi connectivity index (χ1n) is 6.57. The van der Waals surface area contributed by atoms with E-state index in [-0.39, 0.29) is 5.91 Å². The highest BCUT2D eigenvalue weighted by atomic mass is 16.5. The number of ether oxygens (including phenoxy) is 2. The van der Waals surface area contributed by atoms with Gasteiger partial charge in [-0.05, 0) is 32.4 Å². The highest BCUT2D eigenvalue weighted by molar-refractivity contribution is 5.98. The number of hydrogen-bond donors (Lipinski definition) is 2. The lowest BCUT2D eigenvalue weighted by molar-refractivity contribution is 0.0940. The number of rotatable bonds is 8. The molecule has 0 saturated carbocycles. The molecule has 0 aliphatic rings. The van der Waals surface area contributed by atoms with Gasteiger partial charge in [-0.2, -0.15) is 0 Å². The van der Waals surface area contributed by atoms with Gasteiger partial charge in [-0.3, -0.25) is 4.79 Å². The molecule has 0 spiro atoms. The van der Waals surface area contributed by atoms with Gasteiger partial charge in [0.25, 0.3) is 5.91 Å². The fourth-order valence-electron chi connectivity index (χ4n) is 1.65.